The molecule has 1 fully saturated rings. The molecule has 1 aliphatic carbocycles. The molecule has 1 saturated carbocycles. The highest BCUT2D eigenvalue weighted by atomic mass is 16.5. The number of rotatable bonds is 8. The maximum absolute atomic E-state index is 12.5. The lowest BCUT2D eigenvalue weighted by atomic mass is 10.1. The monoisotopic (exact) mass is 415 g/mol. The zero-order valence-electron chi connectivity index (χ0n) is 16.7. The summed E-state index contributed by atoms with van der Waals surface area (Å²) in [5.41, 5.74) is 3.25. The van der Waals surface area contributed by atoms with E-state index < -0.39 is 0 Å². The number of amides is 1. The molecule has 0 aliphatic heterocycles. The van der Waals surface area contributed by atoms with Gasteiger partial charge in [0.1, 0.15) is 12.4 Å². The summed E-state index contributed by atoms with van der Waals surface area (Å²) in [4.78, 5) is 12.5. The number of nitrogens with one attached hydrogen (secondary N) is 2. The zero-order chi connectivity index (χ0) is 21.0. The molecule has 3 heterocycles. The summed E-state index contributed by atoms with van der Waals surface area (Å²) >= 11 is 0. The van der Waals surface area contributed by atoms with Crippen LogP contribution in [0.1, 0.15) is 29.0 Å². The predicted octanol–water partition coefficient (Wildman–Crippen LogP) is 2.77. The van der Waals surface area contributed by atoms with Crippen molar-refractivity contribution in [2.45, 2.75) is 25.5 Å². The fourth-order valence-electron chi connectivity index (χ4n) is 3.51. The molecule has 2 unspecified atom stereocenters. The highest BCUT2D eigenvalue weighted by Crippen LogP contribution is 2.47. The van der Waals surface area contributed by atoms with Gasteiger partial charge in [-0.05, 0) is 35.1 Å². The van der Waals surface area contributed by atoms with Gasteiger partial charge in [0.2, 0.25) is 5.91 Å². The second kappa shape index (κ2) is 8.39. The second-order valence-corrected chi connectivity index (χ2v) is 7.55. The topological polar surface area (TPSA) is 111 Å². The molecule has 1 amide bonds. The number of carbonyl (C=O) groups is 1. The maximum Gasteiger partial charge on any atom is 0.229 e. The van der Waals surface area contributed by atoms with Gasteiger partial charge < -0.3 is 10.1 Å². The van der Waals surface area contributed by atoms with Gasteiger partial charge >= 0.3 is 0 Å². The Labute approximate surface area is 178 Å². The molecule has 0 saturated heterocycles. The number of aromatic nitrogens is 6. The molecule has 0 radical (unpaired) electrons. The summed E-state index contributed by atoms with van der Waals surface area (Å²) in [6, 6.07) is 11.8. The number of carbonyl (C=O) groups excluding carboxylic acids is 1. The molecule has 9 heteroatoms. The first-order valence-corrected chi connectivity index (χ1v) is 10.0. The minimum absolute atomic E-state index is 0.0644. The van der Waals surface area contributed by atoms with Gasteiger partial charge in [0.15, 0.2) is 5.82 Å². The average Bonchev–Trinajstić information content (AvgIpc) is 3.15. The number of nitrogens with zero attached hydrogens (tertiary/aromatic N) is 5. The molecule has 3 aromatic heterocycles. The summed E-state index contributed by atoms with van der Waals surface area (Å²) in [5, 5.41) is 21.7. The van der Waals surface area contributed by atoms with Crippen molar-refractivity contribution in [1.29, 1.82) is 0 Å². The SMILES string of the molecule is O=C(Nc1cc(OCc2ccc(Cn3cccn3)cc2)cnn1)C1CC1c1cn[nH]c1. The van der Waals surface area contributed by atoms with Crippen LogP contribution in [0.2, 0.25) is 0 Å². The van der Waals surface area contributed by atoms with Crippen LogP contribution in [0, 0.1) is 5.92 Å². The molecular formula is C22H21N7O2. The van der Waals surface area contributed by atoms with Crippen molar-refractivity contribution in [3.63, 3.8) is 0 Å². The largest absolute Gasteiger partial charge is 0.487 e. The average molecular weight is 415 g/mol. The molecule has 1 aromatic carbocycles. The van der Waals surface area contributed by atoms with E-state index in [1.165, 1.54) is 6.20 Å². The third-order valence-corrected chi connectivity index (χ3v) is 5.29. The van der Waals surface area contributed by atoms with Crippen molar-refractivity contribution < 1.29 is 9.53 Å². The molecular weight excluding hydrogens is 394 g/mol. The Balaban J connectivity index is 1.14. The van der Waals surface area contributed by atoms with Crippen LogP contribution in [-0.4, -0.2) is 36.1 Å². The van der Waals surface area contributed by atoms with Crippen molar-refractivity contribution in [2.75, 3.05) is 5.32 Å². The Hall–Kier alpha value is -4.01. The molecule has 2 atom stereocenters. The van der Waals surface area contributed by atoms with Crippen LogP contribution in [0.15, 0.2) is 67.4 Å². The van der Waals surface area contributed by atoms with Gasteiger partial charge in [-0.3, -0.25) is 14.6 Å². The van der Waals surface area contributed by atoms with Gasteiger partial charge in [-0.2, -0.15) is 15.3 Å². The lowest BCUT2D eigenvalue weighted by molar-refractivity contribution is -0.117. The Morgan fingerprint density at radius 3 is 2.87 bits per heavy atom. The zero-order valence-corrected chi connectivity index (χ0v) is 16.7. The van der Waals surface area contributed by atoms with Crippen molar-refractivity contribution in [3.05, 3.63) is 84.1 Å². The summed E-state index contributed by atoms with van der Waals surface area (Å²) in [7, 11) is 0. The molecule has 5 rings (SSSR count). The number of hydrogen-bond donors (Lipinski definition) is 2. The van der Waals surface area contributed by atoms with E-state index >= 15 is 0 Å². The standard InChI is InChI=1S/C22H21N7O2/c30-22(20-9-19(20)17-10-23-24-11-17)27-21-8-18(12-25-28-21)31-14-16-4-2-15(3-5-16)13-29-7-1-6-26-29/h1-8,10-12,19-20H,9,13-14H2,(H,23,24)(H,27,28,30). The van der Waals surface area contributed by atoms with E-state index in [4.69, 9.17) is 4.74 Å². The molecule has 4 aromatic rings. The van der Waals surface area contributed by atoms with Gasteiger partial charge in [0.05, 0.1) is 18.9 Å². The molecule has 156 valence electrons. The van der Waals surface area contributed by atoms with E-state index in [0.717, 1.165) is 29.7 Å². The Morgan fingerprint density at radius 1 is 1.23 bits per heavy atom. The first kappa shape index (κ1) is 19.0. The molecule has 0 bridgehead atoms. The van der Waals surface area contributed by atoms with E-state index in [1.54, 1.807) is 18.5 Å². The van der Waals surface area contributed by atoms with Crippen LogP contribution in [0.3, 0.4) is 0 Å². The molecule has 0 spiro atoms. The van der Waals surface area contributed by atoms with Gasteiger partial charge in [-0.25, -0.2) is 0 Å². The van der Waals surface area contributed by atoms with E-state index in [-0.39, 0.29) is 17.7 Å². The minimum Gasteiger partial charge on any atom is -0.487 e. The molecule has 1 aliphatic rings. The quantitative estimate of drug-likeness (QED) is 0.458. The number of H-pyrrole nitrogens is 1. The van der Waals surface area contributed by atoms with Crippen LogP contribution in [-0.2, 0) is 17.9 Å². The Morgan fingerprint density at radius 2 is 2.10 bits per heavy atom. The minimum atomic E-state index is -0.0655. The van der Waals surface area contributed by atoms with Crippen LogP contribution >= 0.6 is 0 Å². The van der Waals surface area contributed by atoms with Gasteiger partial charge in [-0.15, -0.1) is 5.10 Å². The highest BCUT2D eigenvalue weighted by molar-refractivity contribution is 5.94. The summed E-state index contributed by atoms with van der Waals surface area (Å²) in [6.45, 7) is 1.13. The van der Waals surface area contributed by atoms with E-state index in [1.807, 2.05) is 35.3 Å². The van der Waals surface area contributed by atoms with Crippen LogP contribution < -0.4 is 10.1 Å². The van der Waals surface area contributed by atoms with E-state index in [0.29, 0.717) is 18.2 Å². The lowest BCUT2D eigenvalue weighted by Gasteiger charge is -2.09. The number of ether oxygens (including phenoxy) is 1. The third kappa shape index (κ3) is 4.61. The van der Waals surface area contributed by atoms with Crippen molar-refractivity contribution in [3.8, 4) is 5.75 Å². The third-order valence-electron chi connectivity index (χ3n) is 5.29. The van der Waals surface area contributed by atoms with Gasteiger partial charge in [-0.1, -0.05) is 24.3 Å². The Bertz CT molecular complexity index is 1140. The van der Waals surface area contributed by atoms with E-state index in [2.05, 4.69) is 42.9 Å². The first-order valence-electron chi connectivity index (χ1n) is 10.0. The summed E-state index contributed by atoms with van der Waals surface area (Å²) in [6.07, 6.45) is 9.64. The Kier molecular flexibility index (Phi) is 5.14. The molecule has 9 nitrogen and oxygen atoms in total. The number of benzene rings is 1. The maximum atomic E-state index is 12.5. The molecule has 2 N–H and O–H groups in total. The van der Waals surface area contributed by atoms with Crippen molar-refractivity contribution in [1.82, 2.24) is 30.2 Å². The van der Waals surface area contributed by atoms with Crippen LogP contribution in [0.4, 0.5) is 5.82 Å². The fourth-order valence-corrected chi connectivity index (χ4v) is 3.51. The highest BCUT2D eigenvalue weighted by Gasteiger charge is 2.44. The van der Waals surface area contributed by atoms with Crippen LogP contribution in [0.25, 0.3) is 0 Å². The number of hydrogen-bond acceptors (Lipinski definition) is 6. The fraction of sp³-hybridized carbons (Fsp3) is 0.227. The first-order chi connectivity index (χ1) is 15.2. The lowest BCUT2D eigenvalue weighted by Crippen LogP contribution is -2.16. The summed E-state index contributed by atoms with van der Waals surface area (Å²) < 4.78 is 7.71. The van der Waals surface area contributed by atoms with Gasteiger partial charge in [0, 0.05) is 30.6 Å². The summed E-state index contributed by atoms with van der Waals surface area (Å²) in [5.74, 6) is 1.01. The molecule has 31 heavy (non-hydrogen) atoms. The smallest absolute Gasteiger partial charge is 0.229 e. The van der Waals surface area contributed by atoms with Crippen molar-refractivity contribution in [2.24, 2.45) is 5.92 Å². The predicted molar refractivity (Wildman–Crippen MR) is 112 cm³/mol. The number of anilines is 1. The normalized spacial score (nSPS) is 17.3. The van der Waals surface area contributed by atoms with E-state index in [9.17, 15) is 4.79 Å². The van der Waals surface area contributed by atoms with Crippen LogP contribution in [0.5, 0.6) is 5.75 Å². The number of aromatic amines is 1. The van der Waals surface area contributed by atoms with Gasteiger partial charge in [0.25, 0.3) is 0 Å². The second-order valence-electron chi connectivity index (χ2n) is 7.55. The van der Waals surface area contributed by atoms with Crippen molar-refractivity contribution >= 4 is 11.7 Å².